The maximum Gasteiger partial charge on any atom is 0.251 e. The third kappa shape index (κ3) is 4.97. The van der Waals surface area contributed by atoms with Gasteiger partial charge >= 0.3 is 0 Å². The molecule has 2 aromatic carbocycles. The number of aromatic nitrogens is 2. The highest BCUT2D eigenvalue weighted by molar-refractivity contribution is 5.92. The molecular formula is C26H31FN4O3. The summed E-state index contributed by atoms with van der Waals surface area (Å²) in [6.07, 6.45) is -0.519. The minimum absolute atomic E-state index is 0.221. The molecular weight excluding hydrogens is 435 g/mol. The van der Waals surface area contributed by atoms with Crippen LogP contribution in [-0.2, 0) is 4.79 Å². The van der Waals surface area contributed by atoms with Crippen LogP contribution in [0.3, 0.4) is 0 Å². The molecule has 1 saturated heterocycles. The van der Waals surface area contributed by atoms with E-state index < -0.39 is 11.9 Å². The number of fused-ring (bicyclic) bond motifs is 1. The molecule has 2 heterocycles. The summed E-state index contributed by atoms with van der Waals surface area (Å²) in [7, 11) is 1.53. The molecule has 8 heteroatoms. The predicted molar refractivity (Wildman–Crippen MR) is 130 cm³/mol. The zero-order valence-corrected chi connectivity index (χ0v) is 20.1. The fraction of sp³-hybridized carbons (Fsp3) is 0.423. The average molecular weight is 467 g/mol. The van der Waals surface area contributed by atoms with Crippen LogP contribution in [0.1, 0.15) is 25.8 Å². The number of amides is 1. The molecule has 1 aliphatic heterocycles. The third-order valence-corrected chi connectivity index (χ3v) is 6.11. The first kappa shape index (κ1) is 23.9. The number of rotatable bonds is 6. The number of nitrogens with zero attached hydrogens (tertiary/aromatic N) is 4. The van der Waals surface area contributed by atoms with Gasteiger partial charge < -0.3 is 19.6 Å². The zero-order chi connectivity index (χ0) is 24.4. The van der Waals surface area contributed by atoms with Crippen molar-refractivity contribution in [3.8, 4) is 17.1 Å². The van der Waals surface area contributed by atoms with Crippen LogP contribution < -0.4 is 9.64 Å². The molecule has 180 valence electrons. The van der Waals surface area contributed by atoms with E-state index in [1.807, 2.05) is 39.0 Å². The minimum Gasteiger partial charge on any atom is -0.496 e. The normalized spacial score (nSPS) is 15.1. The highest BCUT2D eigenvalue weighted by atomic mass is 19.1. The lowest BCUT2D eigenvalue weighted by atomic mass is 10.0. The number of hydrogen-bond donors (Lipinski definition) is 1. The molecule has 3 aromatic rings. The average Bonchev–Trinajstić information content (AvgIpc) is 2.82. The largest absolute Gasteiger partial charge is 0.496 e. The molecule has 0 unspecified atom stereocenters. The Hall–Kier alpha value is -3.26. The first-order valence-corrected chi connectivity index (χ1v) is 11.6. The van der Waals surface area contributed by atoms with Gasteiger partial charge in [0.25, 0.3) is 5.91 Å². The van der Waals surface area contributed by atoms with Gasteiger partial charge in [0, 0.05) is 31.6 Å². The number of piperazine rings is 1. The number of aliphatic hydroxyl groups is 1. The van der Waals surface area contributed by atoms with Crippen molar-refractivity contribution in [2.75, 3.05) is 38.2 Å². The van der Waals surface area contributed by atoms with Gasteiger partial charge in [-0.25, -0.2) is 14.4 Å². The number of hydrogen-bond acceptors (Lipinski definition) is 6. The van der Waals surface area contributed by atoms with Crippen molar-refractivity contribution < 1.29 is 19.0 Å². The molecule has 0 spiro atoms. The van der Waals surface area contributed by atoms with Crippen LogP contribution in [0.25, 0.3) is 22.3 Å². The van der Waals surface area contributed by atoms with Gasteiger partial charge in [-0.2, -0.15) is 0 Å². The highest BCUT2D eigenvalue weighted by Gasteiger charge is 2.28. The molecule has 1 fully saturated rings. The van der Waals surface area contributed by atoms with Gasteiger partial charge in [0.1, 0.15) is 23.5 Å². The van der Waals surface area contributed by atoms with Crippen molar-refractivity contribution in [3.05, 3.63) is 47.8 Å². The van der Waals surface area contributed by atoms with E-state index in [-0.39, 0.29) is 11.8 Å². The fourth-order valence-corrected chi connectivity index (χ4v) is 4.34. The van der Waals surface area contributed by atoms with Crippen molar-refractivity contribution in [1.29, 1.82) is 0 Å². The van der Waals surface area contributed by atoms with Crippen molar-refractivity contribution in [1.82, 2.24) is 14.9 Å². The number of carbonyl (C=O) groups is 1. The molecule has 0 radical (unpaired) electrons. The number of carbonyl (C=O) groups excluding carboxylic acids is 1. The number of benzene rings is 2. The van der Waals surface area contributed by atoms with E-state index in [2.05, 4.69) is 4.90 Å². The van der Waals surface area contributed by atoms with E-state index in [0.717, 1.165) is 22.3 Å². The summed E-state index contributed by atoms with van der Waals surface area (Å²) < 4.78 is 19.5. The second kappa shape index (κ2) is 9.93. The summed E-state index contributed by atoms with van der Waals surface area (Å²) in [6, 6.07) is 10.3. The molecule has 34 heavy (non-hydrogen) atoms. The standard InChI is InChI=1S/C26H31FN4O3/c1-16(2)13-22(32)26(33)31-11-9-30(10-12-31)25-19-7-5-17(3)14-21(19)28-24(29-25)20-15-18(27)6-8-23(20)34-4/h5-8,14-16,22,32H,9-13H2,1-4H3/t22-/m1/s1. The quantitative estimate of drug-likeness (QED) is 0.595. The van der Waals surface area contributed by atoms with Gasteiger partial charge in [-0.3, -0.25) is 4.79 Å². The van der Waals surface area contributed by atoms with E-state index in [0.29, 0.717) is 49.7 Å². The summed E-state index contributed by atoms with van der Waals surface area (Å²) in [5, 5.41) is 11.1. The lowest BCUT2D eigenvalue weighted by Gasteiger charge is -2.37. The van der Waals surface area contributed by atoms with E-state index in [1.54, 1.807) is 11.0 Å². The Balaban J connectivity index is 1.67. The topological polar surface area (TPSA) is 78.8 Å². The van der Waals surface area contributed by atoms with Crippen LogP contribution in [0.15, 0.2) is 36.4 Å². The first-order chi connectivity index (χ1) is 16.3. The maximum absolute atomic E-state index is 14.1. The summed E-state index contributed by atoms with van der Waals surface area (Å²) in [4.78, 5) is 26.0. The summed E-state index contributed by atoms with van der Waals surface area (Å²) >= 11 is 0. The maximum atomic E-state index is 14.1. The minimum atomic E-state index is -0.971. The monoisotopic (exact) mass is 466 g/mol. The molecule has 0 aliphatic carbocycles. The molecule has 1 atom stereocenters. The molecule has 0 bridgehead atoms. The Morgan fingerprint density at radius 1 is 1.12 bits per heavy atom. The highest BCUT2D eigenvalue weighted by Crippen LogP contribution is 2.33. The lowest BCUT2D eigenvalue weighted by molar-refractivity contribution is -0.141. The predicted octanol–water partition coefficient (Wildman–Crippen LogP) is 3.81. The van der Waals surface area contributed by atoms with Crippen LogP contribution in [0.4, 0.5) is 10.2 Å². The summed E-state index contributed by atoms with van der Waals surface area (Å²) in [6.45, 7) is 8.09. The number of methoxy groups -OCH3 is 1. The van der Waals surface area contributed by atoms with E-state index in [1.165, 1.54) is 19.2 Å². The molecule has 1 N–H and O–H groups in total. The number of anilines is 1. The smallest absolute Gasteiger partial charge is 0.251 e. The Bertz CT molecular complexity index is 1190. The Kier molecular flexibility index (Phi) is 6.97. The number of ether oxygens (including phenoxy) is 1. The third-order valence-electron chi connectivity index (χ3n) is 6.11. The van der Waals surface area contributed by atoms with Gasteiger partial charge in [-0.15, -0.1) is 0 Å². The number of aryl methyl sites for hydroxylation is 1. The lowest BCUT2D eigenvalue weighted by Crippen LogP contribution is -2.52. The molecule has 4 rings (SSSR count). The van der Waals surface area contributed by atoms with Crippen molar-refractivity contribution in [2.24, 2.45) is 5.92 Å². The SMILES string of the molecule is COc1ccc(F)cc1-c1nc(N2CCN(C(=O)[C@H](O)CC(C)C)CC2)c2ccc(C)cc2n1. The second-order valence-electron chi connectivity index (χ2n) is 9.19. The first-order valence-electron chi connectivity index (χ1n) is 11.6. The van der Waals surface area contributed by atoms with Gasteiger partial charge in [0.2, 0.25) is 0 Å². The van der Waals surface area contributed by atoms with Crippen LogP contribution in [0.5, 0.6) is 5.75 Å². The van der Waals surface area contributed by atoms with Gasteiger partial charge in [-0.05, 0) is 55.2 Å². The molecule has 7 nitrogen and oxygen atoms in total. The van der Waals surface area contributed by atoms with Gasteiger partial charge in [0.15, 0.2) is 5.82 Å². The summed E-state index contributed by atoms with van der Waals surface area (Å²) in [5.74, 6) is 1.25. The molecule has 0 saturated carbocycles. The second-order valence-corrected chi connectivity index (χ2v) is 9.19. The molecule has 1 aliphatic rings. The number of aliphatic hydroxyl groups excluding tert-OH is 1. The van der Waals surface area contributed by atoms with Crippen LogP contribution >= 0.6 is 0 Å². The van der Waals surface area contributed by atoms with Crippen molar-refractivity contribution in [3.63, 3.8) is 0 Å². The Morgan fingerprint density at radius 2 is 1.85 bits per heavy atom. The van der Waals surface area contributed by atoms with Crippen LogP contribution in [0, 0.1) is 18.7 Å². The van der Waals surface area contributed by atoms with E-state index in [9.17, 15) is 14.3 Å². The van der Waals surface area contributed by atoms with E-state index in [4.69, 9.17) is 14.7 Å². The van der Waals surface area contributed by atoms with Gasteiger partial charge in [0.05, 0.1) is 18.2 Å². The molecule has 1 amide bonds. The van der Waals surface area contributed by atoms with Crippen LogP contribution in [0.2, 0.25) is 0 Å². The number of halogens is 1. The Morgan fingerprint density at radius 3 is 2.53 bits per heavy atom. The van der Waals surface area contributed by atoms with E-state index >= 15 is 0 Å². The van der Waals surface area contributed by atoms with Crippen molar-refractivity contribution >= 4 is 22.6 Å². The zero-order valence-electron chi connectivity index (χ0n) is 20.1. The fourth-order valence-electron chi connectivity index (χ4n) is 4.34. The van der Waals surface area contributed by atoms with Crippen LogP contribution in [-0.4, -0.2) is 65.3 Å². The summed E-state index contributed by atoms with van der Waals surface area (Å²) in [5.41, 5.74) is 2.30. The molecule has 1 aromatic heterocycles. The Labute approximate surface area is 199 Å². The van der Waals surface area contributed by atoms with Gasteiger partial charge in [-0.1, -0.05) is 19.9 Å². The van der Waals surface area contributed by atoms with Crippen molar-refractivity contribution in [2.45, 2.75) is 33.3 Å².